The van der Waals surface area contributed by atoms with Crippen molar-refractivity contribution in [2.24, 2.45) is 5.92 Å². The number of esters is 1. The first kappa shape index (κ1) is 17.2. The highest BCUT2D eigenvalue weighted by Gasteiger charge is 2.17. The molecule has 0 bridgehead atoms. The number of carbonyl (C=O) groups is 2. The van der Waals surface area contributed by atoms with E-state index >= 15 is 0 Å². The highest BCUT2D eigenvalue weighted by molar-refractivity contribution is 5.90. The summed E-state index contributed by atoms with van der Waals surface area (Å²) in [7, 11) is 1.33. The van der Waals surface area contributed by atoms with Crippen molar-refractivity contribution in [3.05, 3.63) is 23.2 Å². The second-order valence-corrected chi connectivity index (χ2v) is 5.42. The number of aryl methyl sites for hydroxylation is 1. The number of carbonyl (C=O) groups excluding carboxylic acids is 2. The summed E-state index contributed by atoms with van der Waals surface area (Å²) in [6.07, 6.45) is 0. The summed E-state index contributed by atoms with van der Waals surface area (Å²) < 4.78 is 10.1. The van der Waals surface area contributed by atoms with E-state index in [0.717, 1.165) is 0 Å². The second kappa shape index (κ2) is 7.83. The second-order valence-electron chi connectivity index (χ2n) is 5.42. The average Bonchev–Trinajstić information content (AvgIpc) is 2.82. The first-order valence-electron chi connectivity index (χ1n) is 7.03. The quantitative estimate of drug-likeness (QED) is 0.747. The Morgan fingerprint density at radius 3 is 2.57 bits per heavy atom. The number of hydrogen-bond donors (Lipinski definition) is 2. The Morgan fingerprint density at radius 2 is 2.00 bits per heavy atom. The number of methoxy groups -OCH3 is 1. The van der Waals surface area contributed by atoms with Crippen molar-refractivity contribution in [1.82, 2.24) is 10.6 Å². The number of amides is 1. The highest BCUT2D eigenvalue weighted by Crippen LogP contribution is 2.15. The van der Waals surface area contributed by atoms with Crippen LogP contribution in [0.15, 0.2) is 10.5 Å². The van der Waals surface area contributed by atoms with Crippen LogP contribution in [0.2, 0.25) is 0 Å². The number of rotatable bonds is 7. The van der Waals surface area contributed by atoms with Crippen LogP contribution in [0.5, 0.6) is 0 Å². The molecule has 6 nitrogen and oxygen atoms in total. The Hall–Kier alpha value is -1.82. The van der Waals surface area contributed by atoms with E-state index in [0.29, 0.717) is 36.1 Å². The SMILES string of the molecule is COC(=O)c1cc(CNC(C)C(=O)NCC(C)C)oc1C. The van der Waals surface area contributed by atoms with Crippen LogP contribution in [0.4, 0.5) is 0 Å². The van der Waals surface area contributed by atoms with E-state index in [-0.39, 0.29) is 11.9 Å². The van der Waals surface area contributed by atoms with E-state index in [1.807, 2.05) is 13.8 Å². The van der Waals surface area contributed by atoms with Crippen molar-refractivity contribution < 1.29 is 18.7 Å². The van der Waals surface area contributed by atoms with Crippen molar-refractivity contribution in [2.45, 2.75) is 40.3 Å². The smallest absolute Gasteiger partial charge is 0.341 e. The zero-order chi connectivity index (χ0) is 16.0. The van der Waals surface area contributed by atoms with E-state index in [2.05, 4.69) is 15.4 Å². The molecule has 0 spiro atoms. The molecule has 0 aromatic carbocycles. The van der Waals surface area contributed by atoms with Crippen LogP contribution < -0.4 is 10.6 Å². The van der Waals surface area contributed by atoms with Gasteiger partial charge in [-0.25, -0.2) is 4.79 Å². The fraction of sp³-hybridized carbons (Fsp3) is 0.600. The molecule has 21 heavy (non-hydrogen) atoms. The van der Waals surface area contributed by atoms with Gasteiger partial charge >= 0.3 is 5.97 Å². The molecule has 0 saturated carbocycles. The number of nitrogens with one attached hydrogen (secondary N) is 2. The van der Waals surface area contributed by atoms with Gasteiger partial charge in [-0.1, -0.05) is 13.8 Å². The van der Waals surface area contributed by atoms with Crippen LogP contribution in [0.25, 0.3) is 0 Å². The van der Waals surface area contributed by atoms with Crippen molar-refractivity contribution in [1.29, 1.82) is 0 Å². The predicted octanol–water partition coefficient (Wildman–Crippen LogP) is 1.62. The predicted molar refractivity (Wildman–Crippen MR) is 78.9 cm³/mol. The molecule has 0 fully saturated rings. The molecule has 0 aliphatic carbocycles. The largest absolute Gasteiger partial charge is 0.465 e. The molecule has 1 rings (SSSR count). The zero-order valence-corrected chi connectivity index (χ0v) is 13.3. The summed E-state index contributed by atoms with van der Waals surface area (Å²) in [4.78, 5) is 23.3. The van der Waals surface area contributed by atoms with Gasteiger partial charge in [-0.2, -0.15) is 0 Å². The van der Waals surface area contributed by atoms with Crippen LogP contribution in [-0.4, -0.2) is 31.6 Å². The summed E-state index contributed by atoms with van der Waals surface area (Å²) in [5.41, 5.74) is 0.409. The molecular weight excluding hydrogens is 272 g/mol. The summed E-state index contributed by atoms with van der Waals surface area (Å²) in [5, 5.41) is 5.92. The minimum Gasteiger partial charge on any atom is -0.465 e. The standard InChI is InChI=1S/C15H24N2O4/c1-9(2)7-17-14(18)10(3)16-8-12-6-13(11(4)21-12)15(19)20-5/h6,9-10,16H,7-8H2,1-5H3,(H,17,18). The van der Waals surface area contributed by atoms with Crippen LogP contribution >= 0.6 is 0 Å². The average molecular weight is 296 g/mol. The molecule has 0 saturated heterocycles. The van der Waals surface area contributed by atoms with Crippen LogP contribution in [0, 0.1) is 12.8 Å². The lowest BCUT2D eigenvalue weighted by Gasteiger charge is -2.14. The zero-order valence-electron chi connectivity index (χ0n) is 13.3. The van der Waals surface area contributed by atoms with Crippen LogP contribution in [-0.2, 0) is 16.1 Å². The molecule has 0 radical (unpaired) electrons. The fourth-order valence-corrected chi connectivity index (χ4v) is 1.75. The summed E-state index contributed by atoms with van der Waals surface area (Å²) in [6.45, 7) is 8.59. The third-order valence-electron chi connectivity index (χ3n) is 3.03. The molecule has 1 heterocycles. The van der Waals surface area contributed by atoms with Gasteiger partial charge in [0.05, 0.1) is 19.7 Å². The Morgan fingerprint density at radius 1 is 1.33 bits per heavy atom. The molecule has 118 valence electrons. The van der Waals surface area contributed by atoms with Gasteiger partial charge in [-0.05, 0) is 25.8 Å². The van der Waals surface area contributed by atoms with E-state index in [1.165, 1.54) is 7.11 Å². The molecule has 1 amide bonds. The molecule has 1 atom stereocenters. The maximum absolute atomic E-state index is 11.8. The minimum absolute atomic E-state index is 0.0554. The third kappa shape index (κ3) is 5.23. The molecule has 1 aromatic rings. The lowest BCUT2D eigenvalue weighted by molar-refractivity contribution is -0.122. The maximum Gasteiger partial charge on any atom is 0.341 e. The topological polar surface area (TPSA) is 80.6 Å². The molecule has 1 aromatic heterocycles. The monoisotopic (exact) mass is 296 g/mol. The van der Waals surface area contributed by atoms with Gasteiger partial charge in [-0.15, -0.1) is 0 Å². The molecule has 0 aliphatic heterocycles. The van der Waals surface area contributed by atoms with Crippen LogP contribution in [0.1, 0.15) is 42.6 Å². The van der Waals surface area contributed by atoms with Gasteiger partial charge in [0.1, 0.15) is 17.1 Å². The molecule has 2 N–H and O–H groups in total. The molecular formula is C15H24N2O4. The number of ether oxygens (including phenoxy) is 1. The first-order valence-corrected chi connectivity index (χ1v) is 7.03. The summed E-state index contributed by atoms with van der Waals surface area (Å²) >= 11 is 0. The molecule has 1 unspecified atom stereocenters. The lowest BCUT2D eigenvalue weighted by Crippen LogP contribution is -2.42. The number of hydrogen-bond acceptors (Lipinski definition) is 5. The van der Waals surface area contributed by atoms with Gasteiger partial charge in [0.25, 0.3) is 0 Å². The van der Waals surface area contributed by atoms with Crippen molar-refractivity contribution in [2.75, 3.05) is 13.7 Å². The fourth-order valence-electron chi connectivity index (χ4n) is 1.75. The van der Waals surface area contributed by atoms with Crippen LogP contribution in [0.3, 0.4) is 0 Å². The molecule has 6 heteroatoms. The Balaban J connectivity index is 2.51. The maximum atomic E-state index is 11.8. The van der Waals surface area contributed by atoms with E-state index in [1.54, 1.807) is 19.9 Å². The van der Waals surface area contributed by atoms with Gasteiger partial charge in [0.15, 0.2) is 0 Å². The van der Waals surface area contributed by atoms with Crippen molar-refractivity contribution in [3.63, 3.8) is 0 Å². The number of furan rings is 1. The Labute approximate surface area is 125 Å². The Kier molecular flexibility index (Phi) is 6.42. The van der Waals surface area contributed by atoms with E-state index in [4.69, 9.17) is 4.42 Å². The third-order valence-corrected chi connectivity index (χ3v) is 3.03. The normalized spacial score (nSPS) is 12.3. The first-order chi connectivity index (χ1) is 9.85. The summed E-state index contributed by atoms with van der Waals surface area (Å²) in [5.74, 6) is 1.04. The minimum atomic E-state index is -0.426. The van der Waals surface area contributed by atoms with E-state index in [9.17, 15) is 9.59 Å². The summed E-state index contributed by atoms with van der Waals surface area (Å²) in [6, 6.07) is 1.29. The van der Waals surface area contributed by atoms with Gasteiger partial charge in [0, 0.05) is 6.54 Å². The van der Waals surface area contributed by atoms with E-state index < -0.39 is 5.97 Å². The Bertz CT molecular complexity index is 494. The van der Waals surface area contributed by atoms with Crippen molar-refractivity contribution in [3.8, 4) is 0 Å². The van der Waals surface area contributed by atoms with Gasteiger partial charge in [-0.3, -0.25) is 10.1 Å². The van der Waals surface area contributed by atoms with Crippen molar-refractivity contribution >= 4 is 11.9 Å². The van der Waals surface area contributed by atoms with Gasteiger partial charge in [0.2, 0.25) is 5.91 Å². The molecule has 0 aliphatic rings. The lowest BCUT2D eigenvalue weighted by atomic mass is 10.2. The highest BCUT2D eigenvalue weighted by atomic mass is 16.5. The van der Waals surface area contributed by atoms with Gasteiger partial charge < -0.3 is 14.5 Å².